The Hall–Kier alpha value is -2.37. The van der Waals surface area contributed by atoms with E-state index in [2.05, 4.69) is 10.6 Å². The molecule has 0 saturated heterocycles. The van der Waals surface area contributed by atoms with Crippen LogP contribution in [0.25, 0.3) is 0 Å². The van der Waals surface area contributed by atoms with Crippen molar-refractivity contribution in [2.45, 2.75) is 26.7 Å². The van der Waals surface area contributed by atoms with Gasteiger partial charge >= 0.3 is 12.0 Å². The van der Waals surface area contributed by atoms with Crippen molar-refractivity contribution >= 4 is 23.6 Å². The van der Waals surface area contributed by atoms with Gasteiger partial charge in [-0.2, -0.15) is 0 Å². The van der Waals surface area contributed by atoms with Crippen molar-refractivity contribution in [3.05, 3.63) is 29.3 Å². The summed E-state index contributed by atoms with van der Waals surface area (Å²) in [5.74, 6) is -1.70. The van der Waals surface area contributed by atoms with Crippen LogP contribution in [0.15, 0.2) is 18.2 Å². The Morgan fingerprint density at radius 2 is 1.84 bits per heavy atom. The third-order valence-corrected chi connectivity index (χ3v) is 2.67. The molecule has 0 aliphatic heterocycles. The topological polar surface area (TPSA) is 95.5 Å². The second-order valence-corrected chi connectivity index (χ2v) is 4.14. The van der Waals surface area contributed by atoms with Gasteiger partial charge in [-0.15, -0.1) is 0 Å². The van der Waals surface area contributed by atoms with Crippen LogP contribution in [0.5, 0.6) is 0 Å². The molecule has 0 heterocycles. The van der Waals surface area contributed by atoms with Crippen molar-refractivity contribution in [3.8, 4) is 0 Å². The van der Waals surface area contributed by atoms with Gasteiger partial charge in [0.1, 0.15) is 0 Å². The lowest BCUT2D eigenvalue weighted by Crippen LogP contribution is -2.34. The molecule has 0 radical (unpaired) electrons. The minimum atomic E-state index is -1.08. The van der Waals surface area contributed by atoms with Crippen molar-refractivity contribution < 1.29 is 19.5 Å². The molecule has 0 bridgehead atoms. The van der Waals surface area contributed by atoms with Crippen molar-refractivity contribution in [2.75, 3.05) is 5.32 Å². The number of carboxylic acids is 1. The smallest absolute Gasteiger partial charge is 0.325 e. The van der Waals surface area contributed by atoms with Crippen LogP contribution in [0.3, 0.4) is 0 Å². The largest absolute Gasteiger partial charge is 0.481 e. The van der Waals surface area contributed by atoms with Crippen molar-refractivity contribution in [1.82, 2.24) is 5.32 Å². The first-order chi connectivity index (χ1) is 8.90. The molecule has 1 rings (SSSR count). The van der Waals surface area contributed by atoms with E-state index in [0.717, 1.165) is 11.1 Å². The number of imide groups is 1. The summed E-state index contributed by atoms with van der Waals surface area (Å²) in [6.07, 6.45) is -0.530. The lowest BCUT2D eigenvalue weighted by atomic mass is 10.1. The number of rotatable bonds is 4. The van der Waals surface area contributed by atoms with Gasteiger partial charge in [0, 0.05) is 12.1 Å². The zero-order valence-corrected chi connectivity index (χ0v) is 10.8. The molecule has 6 heteroatoms. The molecule has 0 aliphatic carbocycles. The number of benzene rings is 1. The number of anilines is 1. The van der Waals surface area contributed by atoms with E-state index in [0.29, 0.717) is 5.69 Å². The number of aliphatic carboxylic acids is 1. The molecule has 6 nitrogen and oxygen atoms in total. The highest BCUT2D eigenvalue weighted by atomic mass is 16.4. The normalized spacial score (nSPS) is 9.79. The monoisotopic (exact) mass is 264 g/mol. The third-order valence-electron chi connectivity index (χ3n) is 2.67. The predicted molar refractivity (Wildman–Crippen MR) is 69.9 cm³/mol. The predicted octanol–water partition coefficient (Wildman–Crippen LogP) is 1.82. The standard InChI is InChI=1S/C13H16N2O4/c1-8-4-3-5-10(9(8)2)14-13(19)15-11(16)6-7-12(17)18/h3-5H,6-7H2,1-2H3,(H,17,18)(H2,14,15,16,19). The van der Waals surface area contributed by atoms with Crippen LogP contribution in [0.4, 0.5) is 10.5 Å². The van der Waals surface area contributed by atoms with Gasteiger partial charge in [0.05, 0.1) is 6.42 Å². The molecule has 0 saturated carbocycles. The molecule has 3 N–H and O–H groups in total. The van der Waals surface area contributed by atoms with Crippen LogP contribution in [0.2, 0.25) is 0 Å². The maximum atomic E-state index is 11.5. The van der Waals surface area contributed by atoms with Gasteiger partial charge in [0.15, 0.2) is 0 Å². The van der Waals surface area contributed by atoms with E-state index < -0.39 is 17.9 Å². The molecule has 1 aromatic carbocycles. The van der Waals surface area contributed by atoms with Crippen molar-refractivity contribution in [3.63, 3.8) is 0 Å². The summed E-state index contributed by atoms with van der Waals surface area (Å²) in [4.78, 5) is 33.1. The zero-order chi connectivity index (χ0) is 14.4. The van der Waals surface area contributed by atoms with Crippen LogP contribution in [0.1, 0.15) is 24.0 Å². The van der Waals surface area contributed by atoms with E-state index in [-0.39, 0.29) is 12.8 Å². The fourth-order valence-electron chi connectivity index (χ4n) is 1.45. The van der Waals surface area contributed by atoms with Crippen LogP contribution < -0.4 is 10.6 Å². The average molecular weight is 264 g/mol. The van der Waals surface area contributed by atoms with Gasteiger partial charge in [-0.05, 0) is 31.0 Å². The number of aryl methyl sites for hydroxylation is 1. The molecule has 0 unspecified atom stereocenters. The Kier molecular flexibility index (Phi) is 5.05. The fourth-order valence-corrected chi connectivity index (χ4v) is 1.45. The summed E-state index contributed by atoms with van der Waals surface area (Å²) in [7, 11) is 0. The number of amides is 3. The van der Waals surface area contributed by atoms with Crippen LogP contribution in [0, 0.1) is 13.8 Å². The summed E-state index contributed by atoms with van der Waals surface area (Å²) in [5, 5.41) is 13.0. The first kappa shape index (κ1) is 14.7. The number of carbonyl (C=O) groups excluding carboxylic acids is 2. The fraction of sp³-hybridized carbons (Fsp3) is 0.308. The van der Waals surface area contributed by atoms with Gasteiger partial charge in [0.25, 0.3) is 0 Å². The molecule has 0 spiro atoms. The number of hydrogen-bond donors (Lipinski definition) is 3. The average Bonchev–Trinajstić information content (AvgIpc) is 2.32. The van der Waals surface area contributed by atoms with Crippen molar-refractivity contribution in [1.29, 1.82) is 0 Å². The maximum Gasteiger partial charge on any atom is 0.325 e. The van der Waals surface area contributed by atoms with Gasteiger partial charge < -0.3 is 10.4 Å². The highest BCUT2D eigenvalue weighted by Crippen LogP contribution is 2.17. The molecule has 0 aliphatic rings. The van der Waals surface area contributed by atoms with E-state index >= 15 is 0 Å². The Morgan fingerprint density at radius 3 is 2.47 bits per heavy atom. The van der Waals surface area contributed by atoms with Crippen LogP contribution >= 0.6 is 0 Å². The summed E-state index contributed by atoms with van der Waals surface area (Å²) in [6.45, 7) is 3.77. The van der Waals surface area contributed by atoms with Gasteiger partial charge in [-0.1, -0.05) is 12.1 Å². The molecule has 0 fully saturated rings. The molecule has 3 amide bonds. The maximum absolute atomic E-state index is 11.5. The lowest BCUT2D eigenvalue weighted by Gasteiger charge is -2.10. The van der Waals surface area contributed by atoms with Gasteiger partial charge in [-0.25, -0.2) is 4.79 Å². The first-order valence-corrected chi connectivity index (χ1v) is 5.79. The summed E-state index contributed by atoms with van der Waals surface area (Å²) < 4.78 is 0. The Balaban J connectivity index is 2.53. The van der Waals surface area contributed by atoms with E-state index in [1.54, 1.807) is 12.1 Å². The lowest BCUT2D eigenvalue weighted by molar-refractivity contribution is -0.138. The minimum Gasteiger partial charge on any atom is -0.481 e. The number of carboxylic acid groups (broad SMARTS) is 1. The van der Waals surface area contributed by atoms with E-state index in [1.165, 1.54) is 0 Å². The SMILES string of the molecule is Cc1cccc(NC(=O)NC(=O)CCC(=O)O)c1C. The molecule has 0 aromatic heterocycles. The second kappa shape index (κ2) is 6.53. The summed E-state index contributed by atoms with van der Waals surface area (Å²) in [5.41, 5.74) is 2.55. The zero-order valence-electron chi connectivity index (χ0n) is 10.8. The summed E-state index contributed by atoms with van der Waals surface area (Å²) in [6, 6.07) is 4.77. The number of nitrogens with one attached hydrogen (secondary N) is 2. The Labute approximate surface area is 110 Å². The molecule has 0 atom stereocenters. The molecular weight excluding hydrogens is 248 g/mol. The Bertz CT molecular complexity index is 511. The van der Waals surface area contributed by atoms with Crippen molar-refractivity contribution in [2.24, 2.45) is 0 Å². The molecule has 1 aromatic rings. The second-order valence-electron chi connectivity index (χ2n) is 4.14. The molecule has 19 heavy (non-hydrogen) atoms. The van der Waals surface area contributed by atoms with E-state index in [1.807, 2.05) is 19.9 Å². The molecular formula is C13H16N2O4. The summed E-state index contributed by atoms with van der Waals surface area (Å²) >= 11 is 0. The quantitative estimate of drug-likeness (QED) is 0.772. The third kappa shape index (κ3) is 4.79. The first-order valence-electron chi connectivity index (χ1n) is 5.79. The number of hydrogen-bond acceptors (Lipinski definition) is 3. The number of carbonyl (C=O) groups is 3. The van der Waals surface area contributed by atoms with E-state index in [9.17, 15) is 14.4 Å². The Morgan fingerprint density at radius 1 is 1.16 bits per heavy atom. The van der Waals surface area contributed by atoms with Gasteiger partial charge in [-0.3, -0.25) is 14.9 Å². The van der Waals surface area contributed by atoms with Crippen LogP contribution in [-0.4, -0.2) is 23.0 Å². The highest BCUT2D eigenvalue weighted by Gasteiger charge is 2.10. The van der Waals surface area contributed by atoms with Gasteiger partial charge in [0.2, 0.25) is 5.91 Å². The molecule has 102 valence electrons. The minimum absolute atomic E-state index is 0.227. The highest BCUT2D eigenvalue weighted by molar-refractivity contribution is 6.02. The number of urea groups is 1. The van der Waals surface area contributed by atoms with Crippen LogP contribution in [-0.2, 0) is 9.59 Å². The van der Waals surface area contributed by atoms with E-state index in [4.69, 9.17) is 5.11 Å².